The Morgan fingerprint density at radius 1 is 0.964 bits per heavy atom. The summed E-state index contributed by atoms with van der Waals surface area (Å²) in [7, 11) is -3.42. The van der Waals surface area contributed by atoms with Crippen molar-refractivity contribution in [3.05, 3.63) is 29.8 Å². The minimum atomic E-state index is -3.42. The van der Waals surface area contributed by atoms with E-state index in [4.69, 9.17) is 5.73 Å². The molecule has 156 valence electrons. The molecular formula is C19H30N4O4S. The molecule has 0 spiro atoms. The van der Waals surface area contributed by atoms with Gasteiger partial charge in [-0.25, -0.2) is 13.2 Å². The molecular weight excluding hydrogens is 380 g/mol. The topological polar surface area (TPSA) is 122 Å². The van der Waals surface area contributed by atoms with Crippen molar-refractivity contribution in [2.24, 2.45) is 5.73 Å². The van der Waals surface area contributed by atoms with Gasteiger partial charge in [0, 0.05) is 32.6 Å². The molecule has 0 unspecified atom stereocenters. The van der Waals surface area contributed by atoms with Crippen molar-refractivity contribution in [2.75, 3.05) is 19.6 Å². The lowest BCUT2D eigenvalue weighted by atomic mass is 10.2. The van der Waals surface area contributed by atoms with E-state index >= 15 is 0 Å². The molecule has 0 radical (unpaired) electrons. The van der Waals surface area contributed by atoms with Crippen molar-refractivity contribution in [3.63, 3.8) is 0 Å². The molecule has 1 aromatic carbocycles. The van der Waals surface area contributed by atoms with Gasteiger partial charge in [0.25, 0.3) is 0 Å². The molecule has 2 rings (SSSR count). The summed E-state index contributed by atoms with van der Waals surface area (Å²) < 4.78 is 26.8. The van der Waals surface area contributed by atoms with Crippen LogP contribution in [0.15, 0.2) is 29.2 Å². The van der Waals surface area contributed by atoms with Gasteiger partial charge in [-0.2, -0.15) is 4.31 Å². The Hall–Kier alpha value is -2.13. The van der Waals surface area contributed by atoms with Crippen molar-refractivity contribution in [1.29, 1.82) is 0 Å². The van der Waals surface area contributed by atoms with Crippen LogP contribution in [-0.4, -0.2) is 44.3 Å². The molecule has 0 aliphatic carbocycles. The van der Waals surface area contributed by atoms with E-state index in [1.165, 1.54) is 0 Å². The second-order valence-electron chi connectivity index (χ2n) is 6.99. The maximum absolute atomic E-state index is 12.6. The zero-order valence-corrected chi connectivity index (χ0v) is 17.0. The number of carbonyl (C=O) groups excluding carboxylic acids is 2. The zero-order valence-electron chi connectivity index (χ0n) is 16.2. The third kappa shape index (κ3) is 7.12. The maximum Gasteiger partial charge on any atom is 0.312 e. The fraction of sp³-hybridized carbons (Fsp3) is 0.579. The number of nitrogens with two attached hydrogens (primary N) is 1. The molecule has 1 saturated heterocycles. The van der Waals surface area contributed by atoms with Crippen LogP contribution in [0.25, 0.3) is 0 Å². The molecule has 0 atom stereocenters. The Labute approximate surface area is 166 Å². The normalized spacial score (nSPS) is 15.1. The number of sulfonamides is 1. The molecule has 8 nitrogen and oxygen atoms in total. The highest BCUT2D eigenvalue weighted by Gasteiger charge is 2.25. The molecule has 28 heavy (non-hydrogen) atoms. The molecule has 4 N–H and O–H groups in total. The number of hydrogen-bond donors (Lipinski definition) is 3. The summed E-state index contributed by atoms with van der Waals surface area (Å²) in [4.78, 5) is 22.7. The van der Waals surface area contributed by atoms with E-state index in [-0.39, 0.29) is 5.91 Å². The third-order valence-corrected chi connectivity index (χ3v) is 6.66. The van der Waals surface area contributed by atoms with Crippen LogP contribution >= 0.6 is 0 Å². The standard InChI is InChI=1S/C19H30N4O4S/c20-19(25)21-12-4-1-3-7-18(24)22-15-16-8-10-17(11-9-16)28(26,27)23-13-5-2-6-14-23/h8-11H,1-7,12-15H2,(H,22,24)(H3,20,21,25). The molecule has 1 heterocycles. The number of hydrogen-bond acceptors (Lipinski definition) is 4. The second-order valence-corrected chi connectivity index (χ2v) is 8.93. The van der Waals surface area contributed by atoms with Gasteiger partial charge in [-0.05, 0) is 43.4 Å². The summed E-state index contributed by atoms with van der Waals surface area (Å²) in [5, 5.41) is 5.35. The maximum atomic E-state index is 12.6. The Balaban J connectivity index is 1.72. The van der Waals surface area contributed by atoms with Crippen molar-refractivity contribution < 1.29 is 18.0 Å². The lowest BCUT2D eigenvalue weighted by Crippen LogP contribution is -2.35. The Kier molecular flexibility index (Phi) is 8.72. The van der Waals surface area contributed by atoms with Gasteiger partial charge in [-0.15, -0.1) is 0 Å². The zero-order chi connectivity index (χ0) is 20.4. The highest BCUT2D eigenvalue weighted by molar-refractivity contribution is 7.89. The highest BCUT2D eigenvalue weighted by atomic mass is 32.2. The third-order valence-electron chi connectivity index (χ3n) is 4.75. The summed E-state index contributed by atoms with van der Waals surface area (Å²) in [6.45, 7) is 2.05. The Bertz CT molecular complexity index is 744. The smallest absolute Gasteiger partial charge is 0.312 e. The van der Waals surface area contributed by atoms with Crippen LogP contribution in [0, 0.1) is 0 Å². The predicted molar refractivity (Wildman–Crippen MR) is 107 cm³/mol. The van der Waals surface area contributed by atoms with Crippen LogP contribution in [-0.2, 0) is 21.4 Å². The van der Waals surface area contributed by atoms with Gasteiger partial charge in [0.1, 0.15) is 0 Å². The van der Waals surface area contributed by atoms with Crippen LogP contribution in [0.5, 0.6) is 0 Å². The lowest BCUT2D eigenvalue weighted by molar-refractivity contribution is -0.121. The van der Waals surface area contributed by atoms with E-state index < -0.39 is 16.1 Å². The number of rotatable bonds is 10. The first-order chi connectivity index (χ1) is 13.4. The van der Waals surface area contributed by atoms with Crippen molar-refractivity contribution in [3.8, 4) is 0 Å². The van der Waals surface area contributed by atoms with Gasteiger partial charge in [-0.1, -0.05) is 25.0 Å². The van der Waals surface area contributed by atoms with Crippen LogP contribution in [0.2, 0.25) is 0 Å². The molecule has 0 bridgehead atoms. The first-order valence-corrected chi connectivity index (χ1v) is 11.2. The number of primary amides is 1. The average Bonchev–Trinajstić information content (AvgIpc) is 2.70. The van der Waals surface area contributed by atoms with Crippen molar-refractivity contribution >= 4 is 22.0 Å². The van der Waals surface area contributed by atoms with Gasteiger partial charge in [0.15, 0.2) is 0 Å². The SMILES string of the molecule is NC(=O)NCCCCCC(=O)NCc1ccc(S(=O)(=O)N2CCCCC2)cc1. The van der Waals surface area contributed by atoms with Crippen LogP contribution in [0.3, 0.4) is 0 Å². The Morgan fingerprint density at radius 3 is 2.29 bits per heavy atom. The van der Waals surface area contributed by atoms with E-state index in [0.717, 1.165) is 44.1 Å². The summed E-state index contributed by atoms with van der Waals surface area (Å²) in [6, 6.07) is 6.17. The van der Waals surface area contributed by atoms with Gasteiger partial charge in [0.2, 0.25) is 15.9 Å². The fourth-order valence-corrected chi connectivity index (χ4v) is 4.64. The first kappa shape index (κ1) is 22.2. The van der Waals surface area contributed by atoms with Gasteiger partial charge in [0.05, 0.1) is 4.90 Å². The molecule has 1 fully saturated rings. The lowest BCUT2D eigenvalue weighted by Gasteiger charge is -2.25. The molecule has 0 saturated carbocycles. The number of carbonyl (C=O) groups is 2. The molecule has 1 aliphatic heterocycles. The highest BCUT2D eigenvalue weighted by Crippen LogP contribution is 2.20. The van der Waals surface area contributed by atoms with Gasteiger partial charge < -0.3 is 16.4 Å². The van der Waals surface area contributed by atoms with Crippen molar-refractivity contribution in [2.45, 2.75) is 56.4 Å². The van der Waals surface area contributed by atoms with E-state index in [0.29, 0.717) is 37.5 Å². The summed E-state index contributed by atoms with van der Waals surface area (Å²) in [5.74, 6) is -0.0483. The number of amides is 3. The molecule has 9 heteroatoms. The number of urea groups is 1. The monoisotopic (exact) mass is 410 g/mol. The number of nitrogens with zero attached hydrogens (tertiary/aromatic N) is 1. The molecule has 3 amide bonds. The average molecular weight is 411 g/mol. The van der Waals surface area contributed by atoms with E-state index in [1.807, 2.05) is 0 Å². The van der Waals surface area contributed by atoms with E-state index in [9.17, 15) is 18.0 Å². The fourth-order valence-electron chi connectivity index (χ4n) is 3.12. The minimum Gasteiger partial charge on any atom is -0.352 e. The van der Waals surface area contributed by atoms with Crippen LogP contribution in [0.1, 0.15) is 50.5 Å². The Morgan fingerprint density at radius 2 is 1.64 bits per heavy atom. The summed E-state index contributed by atoms with van der Waals surface area (Å²) in [5.41, 5.74) is 5.83. The largest absolute Gasteiger partial charge is 0.352 e. The van der Waals surface area contributed by atoms with Crippen LogP contribution < -0.4 is 16.4 Å². The van der Waals surface area contributed by atoms with Gasteiger partial charge >= 0.3 is 6.03 Å². The number of piperidine rings is 1. The molecule has 1 aliphatic rings. The molecule has 0 aromatic heterocycles. The van der Waals surface area contributed by atoms with E-state index in [2.05, 4.69) is 10.6 Å². The summed E-state index contributed by atoms with van der Waals surface area (Å²) >= 11 is 0. The number of benzene rings is 1. The van der Waals surface area contributed by atoms with E-state index in [1.54, 1.807) is 28.6 Å². The van der Waals surface area contributed by atoms with Crippen molar-refractivity contribution in [1.82, 2.24) is 14.9 Å². The first-order valence-electron chi connectivity index (χ1n) is 9.78. The minimum absolute atomic E-state index is 0.0483. The van der Waals surface area contributed by atoms with Crippen LogP contribution in [0.4, 0.5) is 4.79 Å². The number of unbranched alkanes of at least 4 members (excludes halogenated alkanes) is 2. The second kappa shape index (κ2) is 11.0. The van der Waals surface area contributed by atoms with Gasteiger partial charge in [-0.3, -0.25) is 4.79 Å². The molecule has 1 aromatic rings. The summed E-state index contributed by atoms with van der Waals surface area (Å²) in [6.07, 6.45) is 5.65. The number of nitrogens with one attached hydrogen (secondary N) is 2. The quantitative estimate of drug-likeness (QED) is 0.508. The predicted octanol–water partition coefficient (Wildman–Crippen LogP) is 1.71.